The van der Waals surface area contributed by atoms with Crippen LogP contribution < -0.4 is 10.2 Å². The summed E-state index contributed by atoms with van der Waals surface area (Å²) in [5.74, 6) is -2.67. The van der Waals surface area contributed by atoms with Crippen molar-refractivity contribution in [2.75, 3.05) is 18.6 Å². The molecule has 0 unspecified atom stereocenters. The summed E-state index contributed by atoms with van der Waals surface area (Å²) in [6.45, 7) is 3.11. The van der Waals surface area contributed by atoms with Crippen molar-refractivity contribution in [1.29, 1.82) is 0 Å². The van der Waals surface area contributed by atoms with Crippen molar-refractivity contribution >= 4 is 35.3 Å². The van der Waals surface area contributed by atoms with Crippen LogP contribution in [-0.4, -0.2) is 49.4 Å². The number of rotatable bonds is 8. The Bertz CT molecular complexity index is 788. The smallest absolute Gasteiger partial charge is 0.338 e. The molecule has 1 aromatic rings. The van der Waals surface area contributed by atoms with Gasteiger partial charge in [-0.25, -0.2) is 9.59 Å². The minimum atomic E-state index is -0.828. The molecule has 29 heavy (non-hydrogen) atoms. The third kappa shape index (κ3) is 5.40. The average Bonchev–Trinajstić information content (AvgIpc) is 3.07. The van der Waals surface area contributed by atoms with Gasteiger partial charge in [-0.2, -0.15) is 0 Å². The number of esters is 2. The molecule has 2 rings (SSSR count). The maximum Gasteiger partial charge on any atom is 0.338 e. The molecule has 1 saturated heterocycles. The Morgan fingerprint density at radius 3 is 2.21 bits per heavy atom. The Kier molecular flexibility index (Phi) is 7.46. The van der Waals surface area contributed by atoms with E-state index in [4.69, 9.17) is 4.74 Å². The minimum Gasteiger partial charge on any atom is -0.467 e. The Hall–Kier alpha value is -3.23. The normalized spacial score (nSPS) is 15.6. The maximum absolute atomic E-state index is 12.1. The monoisotopic (exact) mass is 404 g/mol. The number of carbonyl (C=O) groups excluding carboxylic acids is 5. The molecule has 156 valence electrons. The first kappa shape index (κ1) is 22.1. The zero-order valence-corrected chi connectivity index (χ0v) is 16.6. The van der Waals surface area contributed by atoms with Crippen LogP contribution in [-0.2, 0) is 28.7 Å². The fourth-order valence-corrected chi connectivity index (χ4v) is 2.84. The lowest BCUT2D eigenvalue weighted by Gasteiger charge is -2.21. The summed E-state index contributed by atoms with van der Waals surface area (Å²) in [6.07, 6.45) is 0.982. The van der Waals surface area contributed by atoms with Crippen LogP contribution in [0.15, 0.2) is 24.3 Å². The third-order valence-electron chi connectivity index (χ3n) is 4.73. The number of imide groups is 1. The highest BCUT2D eigenvalue weighted by atomic mass is 16.5. The van der Waals surface area contributed by atoms with Crippen molar-refractivity contribution in [3.8, 4) is 0 Å². The predicted octanol–water partition coefficient (Wildman–Crippen LogP) is 1.20. The second kappa shape index (κ2) is 9.81. The van der Waals surface area contributed by atoms with Crippen LogP contribution in [0.2, 0.25) is 0 Å². The summed E-state index contributed by atoms with van der Waals surface area (Å²) in [5, 5.41) is 2.51. The Morgan fingerprint density at radius 1 is 1.10 bits per heavy atom. The van der Waals surface area contributed by atoms with Gasteiger partial charge in [0, 0.05) is 12.8 Å². The predicted molar refractivity (Wildman–Crippen MR) is 102 cm³/mol. The van der Waals surface area contributed by atoms with Gasteiger partial charge in [0.2, 0.25) is 11.8 Å². The fourth-order valence-electron chi connectivity index (χ4n) is 2.84. The summed E-state index contributed by atoms with van der Waals surface area (Å²) in [6, 6.07) is 4.92. The highest BCUT2D eigenvalue weighted by Gasteiger charge is 2.30. The fraction of sp³-hybridized carbons (Fsp3) is 0.450. The van der Waals surface area contributed by atoms with Gasteiger partial charge in [-0.05, 0) is 30.2 Å². The van der Waals surface area contributed by atoms with E-state index >= 15 is 0 Å². The van der Waals surface area contributed by atoms with Gasteiger partial charge in [-0.15, -0.1) is 0 Å². The molecule has 1 aromatic carbocycles. The number of ether oxygens (including phenoxy) is 2. The summed E-state index contributed by atoms with van der Waals surface area (Å²) in [5.41, 5.74) is 0.536. The summed E-state index contributed by atoms with van der Waals surface area (Å²) in [7, 11) is 1.23. The second-order valence-electron chi connectivity index (χ2n) is 6.70. The van der Waals surface area contributed by atoms with Gasteiger partial charge >= 0.3 is 11.9 Å². The van der Waals surface area contributed by atoms with Crippen molar-refractivity contribution in [3.63, 3.8) is 0 Å². The Balaban J connectivity index is 1.93. The first-order chi connectivity index (χ1) is 13.8. The number of hydrogen-bond acceptors (Lipinski definition) is 7. The molecule has 2 atom stereocenters. The molecule has 1 heterocycles. The van der Waals surface area contributed by atoms with Crippen LogP contribution in [0.4, 0.5) is 5.69 Å². The molecule has 0 bridgehead atoms. The van der Waals surface area contributed by atoms with Gasteiger partial charge in [0.15, 0.2) is 6.61 Å². The van der Waals surface area contributed by atoms with Crippen molar-refractivity contribution in [2.45, 2.75) is 39.2 Å². The molecule has 0 radical (unpaired) electrons. The van der Waals surface area contributed by atoms with Gasteiger partial charge in [-0.1, -0.05) is 20.3 Å². The molecule has 1 fully saturated rings. The average molecular weight is 404 g/mol. The first-order valence-corrected chi connectivity index (χ1v) is 9.28. The lowest BCUT2D eigenvalue weighted by molar-refractivity contribution is -0.147. The van der Waals surface area contributed by atoms with Gasteiger partial charge in [0.05, 0.1) is 18.4 Å². The van der Waals surface area contributed by atoms with E-state index in [1.54, 1.807) is 6.92 Å². The van der Waals surface area contributed by atoms with Gasteiger partial charge in [-0.3, -0.25) is 19.3 Å². The van der Waals surface area contributed by atoms with E-state index in [-0.39, 0.29) is 36.1 Å². The minimum absolute atomic E-state index is 0.148. The van der Waals surface area contributed by atoms with E-state index in [0.29, 0.717) is 12.1 Å². The van der Waals surface area contributed by atoms with Crippen molar-refractivity contribution in [3.05, 3.63) is 29.8 Å². The zero-order chi connectivity index (χ0) is 21.6. The van der Waals surface area contributed by atoms with Crippen LogP contribution in [0.25, 0.3) is 0 Å². The number of amides is 3. The molecule has 1 aliphatic heterocycles. The van der Waals surface area contributed by atoms with E-state index in [1.165, 1.54) is 31.4 Å². The van der Waals surface area contributed by atoms with Gasteiger partial charge < -0.3 is 14.8 Å². The summed E-state index contributed by atoms with van der Waals surface area (Å²) in [4.78, 5) is 60.5. The summed E-state index contributed by atoms with van der Waals surface area (Å²) >= 11 is 0. The molecule has 9 nitrogen and oxygen atoms in total. The molecule has 1 N–H and O–H groups in total. The van der Waals surface area contributed by atoms with Crippen LogP contribution in [0.1, 0.15) is 43.5 Å². The standard InChI is InChI=1S/C20H24N2O7/c1-4-12(2)18(20(27)28-3)21-15(23)11-29-19(26)13-5-7-14(8-6-13)22-16(24)9-10-17(22)25/h5-8,12,18H,4,9-11H2,1-3H3,(H,21,23)/t12-,18-/m0/s1. The van der Waals surface area contributed by atoms with E-state index in [0.717, 1.165) is 4.90 Å². The Morgan fingerprint density at radius 2 is 1.69 bits per heavy atom. The molecule has 0 aromatic heterocycles. The number of anilines is 1. The number of methoxy groups -OCH3 is 1. The van der Waals surface area contributed by atoms with Crippen molar-refractivity contribution in [2.24, 2.45) is 5.92 Å². The van der Waals surface area contributed by atoms with E-state index in [9.17, 15) is 24.0 Å². The van der Waals surface area contributed by atoms with Crippen molar-refractivity contribution < 1.29 is 33.4 Å². The number of carbonyl (C=O) groups is 5. The number of nitrogens with one attached hydrogen (secondary N) is 1. The third-order valence-corrected chi connectivity index (χ3v) is 4.73. The Labute approximate surface area is 168 Å². The number of benzene rings is 1. The van der Waals surface area contributed by atoms with Gasteiger partial charge in [0.1, 0.15) is 6.04 Å². The second-order valence-corrected chi connectivity index (χ2v) is 6.70. The van der Waals surface area contributed by atoms with Crippen LogP contribution in [0, 0.1) is 5.92 Å². The molecule has 0 saturated carbocycles. The highest BCUT2D eigenvalue weighted by molar-refractivity contribution is 6.19. The molecule has 1 aliphatic rings. The van der Waals surface area contributed by atoms with Crippen LogP contribution >= 0.6 is 0 Å². The van der Waals surface area contributed by atoms with E-state index in [1.807, 2.05) is 6.92 Å². The lowest BCUT2D eigenvalue weighted by Crippen LogP contribution is -2.47. The number of hydrogen-bond donors (Lipinski definition) is 1. The van der Waals surface area contributed by atoms with Crippen LogP contribution in [0.5, 0.6) is 0 Å². The molecule has 9 heteroatoms. The van der Waals surface area contributed by atoms with E-state index in [2.05, 4.69) is 10.1 Å². The van der Waals surface area contributed by atoms with Crippen LogP contribution in [0.3, 0.4) is 0 Å². The largest absolute Gasteiger partial charge is 0.467 e. The molecular formula is C20H24N2O7. The molecular weight excluding hydrogens is 380 g/mol. The van der Waals surface area contributed by atoms with E-state index < -0.39 is 30.5 Å². The first-order valence-electron chi connectivity index (χ1n) is 9.28. The molecule has 0 spiro atoms. The zero-order valence-electron chi connectivity index (χ0n) is 16.6. The molecule has 3 amide bonds. The number of nitrogens with zero attached hydrogens (tertiary/aromatic N) is 1. The maximum atomic E-state index is 12.1. The topological polar surface area (TPSA) is 119 Å². The quantitative estimate of drug-likeness (QED) is 0.511. The SMILES string of the molecule is CC[C@H](C)[C@H](NC(=O)COC(=O)c1ccc(N2C(=O)CCC2=O)cc1)C(=O)OC. The summed E-state index contributed by atoms with van der Waals surface area (Å²) < 4.78 is 9.66. The lowest BCUT2D eigenvalue weighted by atomic mass is 9.99. The molecule has 0 aliphatic carbocycles. The van der Waals surface area contributed by atoms with Gasteiger partial charge in [0.25, 0.3) is 5.91 Å². The highest BCUT2D eigenvalue weighted by Crippen LogP contribution is 2.23. The van der Waals surface area contributed by atoms with Crippen molar-refractivity contribution in [1.82, 2.24) is 5.32 Å².